The first-order valence-electron chi connectivity index (χ1n) is 4.58. The minimum absolute atomic E-state index is 0.613. The Bertz CT molecular complexity index is 475. The van der Waals surface area contributed by atoms with E-state index < -0.39 is 0 Å². The zero-order valence-electron chi connectivity index (χ0n) is 8.51. The van der Waals surface area contributed by atoms with Gasteiger partial charge in [0, 0.05) is 23.9 Å². The van der Waals surface area contributed by atoms with E-state index >= 15 is 0 Å². The van der Waals surface area contributed by atoms with Crippen LogP contribution < -0.4 is 5.32 Å². The lowest BCUT2D eigenvalue weighted by atomic mass is 10.5. The summed E-state index contributed by atoms with van der Waals surface area (Å²) in [4.78, 5) is 12.6. The maximum Gasteiger partial charge on any atom is 0.223 e. The van der Waals surface area contributed by atoms with E-state index in [0.29, 0.717) is 5.95 Å². The number of anilines is 1. The highest BCUT2D eigenvalue weighted by Gasteiger charge is 2.01. The van der Waals surface area contributed by atoms with Gasteiger partial charge in [-0.2, -0.15) is 0 Å². The van der Waals surface area contributed by atoms with Crippen LogP contribution in [0.5, 0.6) is 0 Å². The number of hydrogen-bond donors (Lipinski definition) is 1. The first-order valence-corrected chi connectivity index (χ1v) is 6.19. The summed E-state index contributed by atoms with van der Waals surface area (Å²) in [5.74, 6) is 0.613. The second-order valence-electron chi connectivity index (χ2n) is 2.89. The SMILES string of the molecule is CNc1nccc(Sc2ccc(Br)cn2)n1. The normalized spacial score (nSPS) is 10.1. The van der Waals surface area contributed by atoms with Crippen LogP contribution in [0.1, 0.15) is 0 Å². The number of halogens is 1. The summed E-state index contributed by atoms with van der Waals surface area (Å²) in [7, 11) is 1.79. The van der Waals surface area contributed by atoms with Gasteiger partial charge in [0.15, 0.2) is 0 Å². The molecule has 0 fully saturated rings. The molecule has 6 heteroatoms. The molecule has 0 saturated carbocycles. The van der Waals surface area contributed by atoms with E-state index in [-0.39, 0.29) is 0 Å². The first-order chi connectivity index (χ1) is 7.78. The Hall–Kier alpha value is -1.14. The van der Waals surface area contributed by atoms with Gasteiger partial charge >= 0.3 is 0 Å². The highest BCUT2D eigenvalue weighted by atomic mass is 79.9. The van der Waals surface area contributed by atoms with Crippen molar-refractivity contribution in [2.45, 2.75) is 10.1 Å². The Morgan fingerprint density at radius 3 is 2.75 bits per heavy atom. The lowest BCUT2D eigenvalue weighted by Gasteiger charge is -2.02. The van der Waals surface area contributed by atoms with E-state index in [1.165, 1.54) is 11.8 Å². The topological polar surface area (TPSA) is 50.7 Å². The van der Waals surface area contributed by atoms with Gasteiger partial charge in [0.2, 0.25) is 5.95 Å². The number of pyridine rings is 1. The third kappa shape index (κ3) is 2.93. The van der Waals surface area contributed by atoms with Gasteiger partial charge in [-0.1, -0.05) is 0 Å². The van der Waals surface area contributed by atoms with Crippen molar-refractivity contribution in [3.05, 3.63) is 35.1 Å². The third-order valence-electron chi connectivity index (χ3n) is 1.76. The van der Waals surface area contributed by atoms with Crippen LogP contribution in [0.4, 0.5) is 5.95 Å². The van der Waals surface area contributed by atoms with Gasteiger partial charge in [-0.3, -0.25) is 0 Å². The van der Waals surface area contributed by atoms with Crippen molar-refractivity contribution in [3.63, 3.8) is 0 Å². The summed E-state index contributed by atoms with van der Waals surface area (Å²) in [6, 6.07) is 5.75. The molecule has 0 aliphatic rings. The van der Waals surface area contributed by atoms with Crippen molar-refractivity contribution < 1.29 is 0 Å². The van der Waals surface area contributed by atoms with Gasteiger partial charge in [-0.05, 0) is 45.9 Å². The van der Waals surface area contributed by atoms with Gasteiger partial charge in [0.1, 0.15) is 10.1 Å². The van der Waals surface area contributed by atoms with Crippen molar-refractivity contribution in [2.75, 3.05) is 12.4 Å². The van der Waals surface area contributed by atoms with E-state index in [4.69, 9.17) is 0 Å². The lowest BCUT2D eigenvalue weighted by Crippen LogP contribution is -1.95. The Labute approximate surface area is 106 Å². The molecule has 0 atom stereocenters. The molecule has 2 heterocycles. The van der Waals surface area contributed by atoms with Crippen LogP contribution in [0, 0.1) is 0 Å². The van der Waals surface area contributed by atoms with Crippen molar-refractivity contribution in [3.8, 4) is 0 Å². The molecule has 0 radical (unpaired) electrons. The highest BCUT2D eigenvalue weighted by Crippen LogP contribution is 2.25. The Balaban J connectivity index is 2.16. The number of hydrogen-bond acceptors (Lipinski definition) is 5. The van der Waals surface area contributed by atoms with Crippen molar-refractivity contribution in [1.29, 1.82) is 0 Å². The summed E-state index contributed by atoms with van der Waals surface area (Å²) in [6.45, 7) is 0. The average Bonchev–Trinajstić information content (AvgIpc) is 2.32. The fourth-order valence-electron chi connectivity index (χ4n) is 1.05. The number of nitrogens with zero attached hydrogens (tertiary/aromatic N) is 3. The molecule has 2 rings (SSSR count). The Morgan fingerprint density at radius 2 is 2.06 bits per heavy atom. The zero-order valence-corrected chi connectivity index (χ0v) is 10.9. The molecule has 0 saturated heterocycles. The molecule has 0 aromatic carbocycles. The van der Waals surface area contributed by atoms with Crippen LogP contribution in [-0.4, -0.2) is 22.0 Å². The highest BCUT2D eigenvalue weighted by molar-refractivity contribution is 9.10. The molecule has 0 unspecified atom stereocenters. The van der Waals surface area contributed by atoms with E-state index in [1.807, 2.05) is 18.2 Å². The van der Waals surface area contributed by atoms with E-state index in [0.717, 1.165) is 14.5 Å². The third-order valence-corrected chi connectivity index (χ3v) is 3.12. The van der Waals surface area contributed by atoms with Crippen molar-refractivity contribution in [2.24, 2.45) is 0 Å². The minimum atomic E-state index is 0.613. The van der Waals surface area contributed by atoms with Crippen LogP contribution in [0.15, 0.2) is 45.1 Å². The minimum Gasteiger partial charge on any atom is -0.357 e. The summed E-state index contributed by atoms with van der Waals surface area (Å²) < 4.78 is 0.968. The molecule has 0 aliphatic heterocycles. The van der Waals surface area contributed by atoms with Crippen LogP contribution in [0.3, 0.4) is 0 Å². The summed E-state index contributed by atoms with van der Waals surface area (Å²) >= 11 is 4.85. The van der Waals surface area contributed by atoms with Gasteiger partial charge in [-0.25, -0.2) is 15.0 Å². The lowest BCUT2D eigenvalue weighted by molar-refractivity contribution is 1.03. The molecular weight excluding hydrogens is 288 g/mol. The largest absolute Gasteiger partial charge is 0.357 e. The zero-order chi connectivity index (χ0) is 11.4. The fraction of sp³-hybridized carbons (Fsp3) is 0.100. The number of rotatable bonds is 3. The van der Waals surface area contributed by atoms with Crippen LogP contribution in [0.25, 0.3) is 0 Å². The molecular formula is C10H9BrN4S. The smallest absolute Gasteiger partial charge is 0.223 e. The van der Waals surface area contributed by atoms with Crippen LogP contribution in [-0.2, 0) is 0 Å². The van der Waals surface area contributed by atoms with Gasteiger partial charge in [-0.15, -0.1) is 0 Å². The predicted molar refractivity (Wildman–Crippen MR) is 67.6 cm³/mol. The maximum atomic E-state index is 4.30. The van der Waals surface area contributed by atoms with Gasteiger partial charge < -0.3 is 5.32 Å². The molecule has 2 aromatic rings. The second-order valence-corrected chi connectivity index (χ2v) is 4.84. The first kappa shape index (κ1) is 11.3. The van der Waals surface area contributed by atoms with Crippen LogP contribution in [0.2, 0.25) is 0 Å². The molecule has 1 N–H and O–H groups in total. The second kappa shape index (κ2) is 5.27. The molecule has 2 aromatic heterocycles. The predicted octanol–water partition coefficient (Wildman–Crippen LogP) is 2.83. The monoisotopic (exact) mass is 296 g/mol. The standard InChI is InChI=1S/C10H9BrN4S/c1-12-10-13-5-4-9(15-10)16-8-3-2-7(11)6-14-8/h2-6H,1H3,(H,12,13,15). The van der Waals surface area contributed by atoms with Crippen molar-refractivity contribution in [1.82, 2.24) is 15.0 Å². The van der Waals surface area contributed by atoms with Crippen LogP contribution >= 0.6 is 27.7 Å². The molecule has 0 spiro atoms. The average molecular weight is 297 g/mol. The summed E-state index contributed by atoms with van der Waals surface area (Å²) in [6.07, 6.45) is 3.49. The molecule has 0 amide bonds. The van der Waals surface area contributed by atoms with E-state index in [9.17, 15) is 0 Å². The fourth-order valence-corrected chi connectivity index (χ4v) is 2.00. The quantitative estimate of drug-likeness (QED) is 0.883. The Kier molecular flexibility index (Phi) is 3.74. The van der Waals surface area contributed by atoms with Gasteiger partial charge in [0.25, 0.3) is 0 Å². The molecule has 82 valence electrons. The molecule has 16 heavy (non-hydrogen) atoms. The maximum absolute atomic E-state index is 4.30. The number of aromatic nitrogens is 3. The summed E-state index contributed by atoms with van der Waals surface area (Å²) in [5, 5.41) is 4.67. The van der Waals surface area contributed by atoms with Crippen molar-refractivity contribution >= 4 is 33.6 Å². The molecule has 0 aliphatic carbocycles. The van der Waals surface area contributed by atoms with E-state index in [2.05, 4.69) is 36.2 Å². The van der Waals surface area contributed by atoms with Gasteiger partial charge in [0.05, 0.1) is 0 Å². The van der Waals surface area contributed by atoms with E-state index in [1.54, 1.807) is 19.4 Å². The summed E-state index contributed by atoms with van der Waals surface area (Å²) in [5.41, 5.74) is 0. The number of nitrogens with one attached hydrogen (secondary N) is 1. The Morgan fingerprint density at radius 1 is 1.19 bits per heavy atom. The molecule has 0 bridgehead atoms. The molecule has 4 nitrogen and oxygen atoms in total.